The fourth-order valence-electron chi connectivity index (χ4n) is 1.08. The van der Waals surface area contributed by atoms with Crippen LogP contribution in [0.2, 0.25) is 0 Å². The molecule has 0 spiro atoms. The van der Waals surface area contributed by atoms with Crippen molar-refractivity contribution in [1.82, 2.24) is 0 Å². The molecular formula is C10H18F2. The maximum atomic E-state index is 12.4. The van der Waals surface area contributed by atoms with E-state index in [4.69, 9.17) is 0 Å². The molecule has 0 aliphatic heterocycles. The molecule has 0 aromatic carbocycles. The first-order chi connectivity index (χ1) is 5.31. The average molecular weight is 176 g/mol. The highest BCUT2D eigenvalue weighted by Crippen LogP contribution is 2.23. The SMILES string of the molecule is C=C(CCC(C)(F)F)CC(C)C. The van der Waals surface area contributed by atoms with Gasteiger partial charge in [0.25, 0.3) is 0 Å². The van der Waals surface area contributed by atoms with Crippen LogP contribution in [0.15, 0.2) is 12.2 Å². The molecule has 0 rings (SSSR count). The van der Waals surface area contributed by atoms with E-state index in [1.807, 2.05) is 0 Å². The molecule has 0 heterocycles. The van der Waals surface area contributed by atoms with Crippen LogP contribution in [-0.2, 0) is 0 Å². The molecule has 0 atom stereocenters. The summed E-state index contributed by atoms with van der Waals surface area (Å²) in [6.45, 7) is 8.85. The molecule has 0 nitrogen and oxygen atoms in total. The summed E-state index contributed by atoms with van der Waals surface area (Å²) in [7, 11) is 0. The summed E-state index contributed by atoms with van der Waals surface area (Å²) in [5.41, 5.74) is 0.937. The maximum absolute atomic E-state index is 12.4. The van der Waals surface area contributed by atoms with Crippen LogP contribution >= 0.6 is 0 Å². The third kappa shape index (κ3) is 7.70. The predicted molar refractivity (Wildman–Crippen MR) is 48.5 cm³/mol. The Morgan fingerprint density at radius 1 is 1.42 bits per heavy atom. The Balaban J connectivity index is 3.58. The zero-order chi connectivity index (χ0) is 9.78. The first kappa shape index (κ1) is 11.6. The second-order valence-electron chi connectivity index (χ2n) is 3.92. The zero-order valence-electron chi connectivity index (χ0n) is 8.16. The van der Waals surface area contributed by atoms with Crippen molar-refractivity contribution in [3.05, 3.63) is 12.2 Å². The number of rotatable bonds is 5. The van der Waals surface area contributed by atoms with Gasteiger partial charge in [-0.1, -0.05) is 26.0 Å². The Morgan fingerprint density at radius 2 is 1.92 bits per heavy atom. The van der Waals surface area contributed by atoms with Crippen LogP contribution in [0.3, 0.4) is 0 Å². The van der Waals surface area contributed by atoms with Crippen LogP contribution in [0, 0.1) is 5.92 Å². The van der Waals surface area contributed by atoms with E-state index in [9.17, 15) is 8.78 Å². The van der Waals surface area contributed by atoms with Crippen LogP contribution in [0.1, 0.15) is 40.0 Å². The first-order valence-corrected chi connectivity index (χ1v) is 4.36. The van der Waals surface area contributed by atoms with E-state index < -0.39 is 5.92 Å². The molecule has 0 radical (unpaired) electrons. The zero-order valence-corrected chi connectivity index (χ0v) is 8.16. The van der Waals surface area contributed by atoms with Crippen molar-refractivity contribution < 1.29 is 8.78 Å². The molecule has 0 aromatic heterocycles. The van der Waals surface area contributed by atoms with Crippen molar-refractivity contribution in [3.63, 3.8) is 0 Å². The van der Waals surface area contributed by atoms with Gasteiger partial charge < -0.3 is 0 Å². The van der Waals surface area contributed by atoms with Crippen molar-refractivity contribution in [2.45, 2.75) is 46.0 Å². The molecule has 0 aromatic rings. The van der Waals surface area contributed by atoms with E-state index in [-0.39, 0.29) is 6.42 Å². The van der Waals surface area contributed by atoms with Crippen LogP contribution in [0.4, 0.5) is 8.78 Å². The summed E-state index contributed by atoms with van der Waals surface area (Å²) in [6, 6.07) is 0. The van der Waals surface area contributed by atoms with Gasteiger partial charge in [0.2, 0.25) is 5.92 Å². The van der Waals surface area contributed by atoms with Crippen molar-refractivity contribution >= 4 is 0 Å². The Morgan fingerprint density at radius 3 is 2.25 bits per heavy atom. The van der Waals surface area contributed by atoms with Crippen LogP contribution in [-0.4, -0.2) is 5.92 Å². The molecule has 0 unspecified atom stereocenters. The fourth-order valence-corrected chi connectivity index (χ4v) is 1.08. The number of alkyl halides is 2. The average Bonchev–Trinajstić information content (AvgIpc) is 1.80. The van der Waals surface area contributed by atoms with E-state index in [1.54, 1.807) is 0 Å². The van der Waals surface area contributed by atoms with E-state index >= 15 is 0 Å². The van der Waals surface area contributed by atoms with Crippen LogP contribution < -0.4 is 0 Å². The molecule has 0 saturated heterocycles. The molecule has 0 aliphatic rings. The molecular weight excluding hydrogens is 158 g/mol. The highest BCUT2D eigenvalue weighted by molar-refractivity contribution is 4.95. The lowest BCUT2D eigenvalue weighted by atomic mass is 9.99. The van der Waals surface area contributed by atoms with Crippen molar-refractivity contribution in [2.75, 3.05) is 0 Å². The number of hydrogen-bond acceptors (Lipinski definition) is 0. The van der Waals surface area contributed by atoms with E-state index in [0.717, 1.165) is 18.9 Å². The second kappa shape index (κ2) is 4.58. The van der Waals surface area contributed by atoms with Gasteiger partial charge in [-0.15, -0.1) is 0 Å². The Kier molecular flexibility index (Phi) is 4.43. The minimum Gasteiger partial charge on any atom is -0.207 e. The van der Waals surface area contributed by atoms with Gasteiger partial charge in [-0.3, -0.25) is 0 Å². The minimum atomic E-state index is -2.54. The van der Waals surface area contributed by atoms with Gasteiger partial charge in [0.05, 0.1) is 0 Å². The normalized spacial score (nSPS) is 12.2. The molecule has 0 saturated carbocycles. The molecule has 0 bridgehead atoms. The van der Waals surface area contributed by atoms with E-state index in [0.29, 0.717) is 12.3 Å². The summed E-state index contributed by atoms with van der Waals surface area (Å²) in [5.74, 6) is -2.03. The molecule has 2 heteroatoms. The monoisotopic (exact) mass is 176 g/mol. The van der Waals surface area contributed by atoms with Gasteiger partial charge in [0.1, 0.15) is 0 Å². The van der Waals surface area contributed by atoms with Crippen molar-refractivity contribution in [3.8, 4) is 0 Å². The van der Waals surface area contributed by atoms with E-state index in [1.165, 1.54) is 0 Å². The largest absolute Gasteiger partial charge is 0.245 e. The Hall–Kier alpha value is -0.400. The van der Waals surface area contributed by atoms with Crippen LogP contribution in [0.25, 0.3) is 0 Å². The summed E-state index contributed by atoms with van der Waals surface area (Å²) < 4.78 is 24.8. The van der Waals surface area contributed by atoms with E-state index in [2.05, 4.69) is 20.4 Å². The molecule has 72 valence electrons. The Labute approximate surface area is 73.7 Å². The highest BCUT2D eigenvalue weighted by atomic mass is 19.3. The lowest BCUT2D eigenvalue weighted by Crippen LogP contribution is -2.09. The first-order valence-electron chi connectivity index (χ1n) is 4.36. The van der Waals surface area contributed by atoms with Crippen LogP contribution in [0.5, 0.6) is 0 Å². The van der Waals surface area contributed by atoms with Gasteiger partial charge in [-0.05, 0) is 25.7 Å². The highest BCUT2D eigenvalue weighted by Gasteiger charge is 2.20. The standard InChI is InChI=1S/C10H18F2/c1-8(2)7-9(3)5-6-10(4,11)12/h8H,3,5-7H2,1-2,4H3. The number of hydrogen-bond donors (Lipinski definition) is 0. The van der Waals surface area contributed by atoms with Gasteiger partial charge in [0.15, 0.2) is 0 Å². The smallest absolute Gasteiger partial charge is 0.207 e. The lowest BCUT2D eigenvalue weighted by Gasteiger charge is -2.12. The third-order valence-electron chi connectivity index (χ3n) is 1.61. The molecule has 0 fully saturated rings. The fraction of sp³-hybridized carbons (Fsp3) is 0.800. The van der Waals surface area contributed by atoms with Crippen molar-refractivity contribution in [2.24, 2.45) is 5.92 Å². The van der Waals surface area contributed by atoms with Gasteiger partial charge >= 0.3 is 0 Å². The van der Waals surface area contributed by atoms with Gasteiger partial charge in [-0.2, -0.15) is 0 Å². The molecule has 0 N–H and O–H groups in total. The number of allylic oxidation sites excluding steroid dienone is 1. The topological polar surface area (TPSA) is 0 Å². The summed E-state index contributed by atoms with van der Waals surface area (Å²) in [4.78, 5) is 0. The minimum absolute atomic E-state index is 0.0709. The molecule has 12 heavy (non-hydrogen) atoms. The predicted octanol–water partition coefficient (Wildman–Crippen LogP) is 4.02. The molecule has 0 aliphatic carbocycles. The maximum Gasteiger partial charge on any atom is 0.245 e. The lowest BCUT2D eigenvalue weighted by molar-refractivity contribution is 0.0131. The summed E-state index contributed by atoms with van der Waals surface area (Å²) in [6.07, 6.45) is 1.23. The van der Waals surface area contributed by atoms with Crippen molar-refractivity contribution in [1.29, 1.82) is 0 Å². The summed E-state index contributed by atoms with van der Waals surface area (Å²) >= 11 is 0. The Bertz CT molecular complexity index is 142. The summed E-state index contributed by atoms with van der Waals surface area (Å²) in [5, 5.41) is 0. The van der Waals surface area contributed by atoms with Gasteiger partial charge in [0, 0.05) is 6.42 Å². The number of halogens is 2. The molecule has 0 amide bonds. The quantitative estimate of drug-likeness (QED) is 0.555. The third-order valence-corrected chi connectivity index (χ3v) is 1.61. The van der Waals surface area contributed by atoms with Gasteiger partial charge in [-0.25, -0.2) is 8.78 Å². The second-order valence-corrected chi connectivity index (χ2v) is 3.92.